The zero-order valence-corrected chi connectivity index (χ0v) is 11.0. The minimum Gasteiger partial charge on any atom is -0.377 e. The highest BCUT2D eigenvalue weighted by Crippen LogP contribution is 2.30. The van der Waals surface area contributed by atoms with Gasteiger partial charge in [-0.1, -0.05) is 13.8 Å². The Balaban J connectivity index is 1.76. The third kappa shape index (κ3) is 2.98. The molecule has 0 aromatic carbocycles. The molecular weight excluding hydrogens is 198 g/mol. The Morgan fingerprint density at radius 1 is 1.12 bits per heavy atom. The van der Waals surface area contributed by atoms with E-state index in [1.165, 1.54) is 32.1 Å². The van der Waals surface area contributed by atoms with Crippen LogP contribution >= 0.6 is 0 Å². The minimum absolute atomic E-state index is 0.467. The fraction of sp³-hybridized carbons (Fsp3) is 1.00. The van der Waals surface area contributed by atoms with Crippen LogP contribution in [0.15, 0.2) is 0 Å². The van der Waals surface area contributed by atoms with Gasteiger partial charge in [-0.15, -0.1) is 0 Å². The maximum atomic E-state index is 5.74. The molecule has 16 heavy (non-hydrogen) atoms. The van der Waals surface area contributed by atoms with Crippen LogP contribution in [-0.4, -0.2) is 24.8 Å². The zero-order valence-electron chi connectivity index (χ0n) is 11.0. The average Bonchev–Trinajstić information content (AvgIpc) is 2.77. The fourth-order valence-electron chi connectivity index (χ4n) is 3.17. The van der Waals surface area contributed by atoms with Crippen LogP contribution in [0.2, 0.25) is 0 Å². The Morgan fingerprint density at radius 3 is 2.56 bits per heavy atom. The van der Waals surface area contributed by atoms with Crippen molar-refractivity contribution >= 4 is 0 Å². The van der Waals surface area contributed by atoms with Crippen molar-refractivity contribution in [2.24, 2.45) is 11.8 Å². The summed E-state index contributed by atoms with van der Waals surface area (Å²) in [6.07, 6.45) is 7.04. The van der Waals surface area contributed by atoms with Crippen molar-refractivity contribution in [3.63, 3.8) is 0 Å². The normalized spacial score (nSPS) is 42.2. The van der Waals surface area contributed by atoms with Crippen LogP contribution in [0.25, 0.3) is 0 Å². The standard InChI is InChI=1S/C14H27NO/c1-10-6-7-13(9-11(10)2)15-12(3)14-5-4-8-16-14/h10-15H,4-9H2,1-3H3. The SMILES string of the molecule is CC1CCC(NC(C)C2CCCO2)CC1C. The second-order valence-electron chi connectivity index (χ2n) is 5.97. The molecule has 94 valence electrons. The monoisotopic (exact) mass is 225 g/mol. The van der Waals surface area contributed by atoms with Crippen molar-refractivity contribution in [1.82, 2.24) is 5.32 Å². The van der Waals surface area contributed by atoms with Crippen LogP contribution < -0.4 is 5.32 Å². The van der Waals surface area contributed by atoms with E-state index in [1.54, 1.807) is 0 Å². The van der Waals surface area contributed by atoms with Gasteiger partial charge in [-0.05, 0) is 50.9 Å². The zero-order chi connectivity index (χ0) is 11.5. The summed E-state index contributed by atoms with van der Waals surface area (Å²) in [6, 6.07) is 1.26. The quantitative estimate of drug-likeness (QED) is 0.797. The summed E-state index contributed by atoms with van der Waals surface area (Å²) in [5.41, 5.74) is 0. The van der Waals surface area contributed by atoms with Gasteiger partial charge in [-0.2, -0.15) is 0 Å². The third-order valence-corrected chi connectivity index (χ3v) is 4.62. The molecule has 1 saturated carbocycles. The number of ether oxygens (including phenoxy) is 1. The summed E-state index contributed by atoms with van der Waals surface area (Å²) >= 11 is 0. The van der Waals surface area contributed by atoms with Crippen molar-refractivity contribution in [2.45, 2.75) is 71.1 Å². The minimum atomic E-state index is 0.467. The smallest absolute Gasteiger partial charge is 0.0726 e. The lowest BCUT2D eigenvalue weighted by molar-refractivity contribution is 0.0739. The summed E-state index contributed by atoms with van der Waals surface area (Å²) in [7, 11) is 0. The summed E-state index contributed by atoms with van der Waals surface area (Å²) in [6.45, 7) is 8.05. The maximum Gasteiger partial charge on any atom is 0.0726 e. The Morgan fingerprint density at radius 2 is 1.94 bits per heavy atom. The topological polar surface area (TPSA) is 21.3 Å². The Kier molecular flexibility index (Phi) is 4.26. The first-order chi connectivity index (χ1) is 7.66. The molecule has 1 N–H and O–H groups in total. The first-order valence-electron chi connectivity index (χ1n) is 7.04. The molecule has 1 aliphatic heterocycles. The number of rotatable bonds is 3. The Bertz CT molecular complexity index is 213. The largest absolute Gasteiger partial charge is 0.377 e. The average molecular weight is 225 g/mol. The molecule has 5 unspecified atom stereocenters. The molecule has 2 aliphatic rings. The molecule has 2 rings (SSSR count). The first kappa shape index (κ1) is 12.4. The van der Waals surface area contributed by atoms with Crippen molar-refractivity contribution in [1.29, 1.82) is 0 Å². The molecule has 2 fully saturated rings. The molecule has 1 saturated heterocycles. The summed E-state index contributed by atoms with van der Waals surface area (Å²) < 4.78 is 5.74. The molecule has 5 atom stereocenters. The molecule has 0 spiro atoms. The highest BCUT2D eigenvalue weighted by Gasteiger charge is 2.28. The van der Waals surface area contributed by atoms with Crippen molar-refractivity contribution in [3.05, 3.63) is 0 Å². The van der Waals surface area contributed by atoms with Crippen molar-refractivity contribution in [2.75, 3.05) is 6.61 Å². The van der Waals surface area contributed by atoms with Gasteiger partial charge in [0.25, 0.3) is 0 Å². The molecule has 0 bridgehead atoms. The molecule has 0 aromatic rings. The van der Waals surface area contributed by atoms with Gasteiger partial charge in [0.1, 0.15) is 0 Å². The van der Waals surface area contributed by atoms with Crippen LogP contribution in [0.4, 0.5) is 0 Å². The Labute approximate surface area is 100 Å². The predicted octanol–water partition coefficient (Wildman–Crippen LogP) is 2.97. The molecule has 1 aliphatic carbocycles. The van der Waals surface area contributed by atoms with Crippen LogP contribution in [0.1, 0.15) is 52.9 Å². The number of hydrogen-bond acceptors (Lipinski definition) is 2. The van der Waals surface area contributed by atoms with E-state index >= 15 is 0 Å². The lowest BCUT2D eigenvalue weighted by Gasteiger charge is -2.35. The number of nitrogens with one attached hydrogen (secondary N) is 1. The first-order valence-corrected chi connectivity index (χ1v) is 7.04. The van der Waals surface area contributed by atoms with E-state index in [2.05, 4.69) is 26.1 Å². The van der Waals surface area contributed by atoms with Gasteiger partial charge < -0.3 is 10.1 Å². The second-order valence-corrected chi connectivity index (χ2v) is 5.97. The molecule has 0 aromatic heterocycles. The second kappa shape index (κ2) is 5.50. The van der Waals surface area contributed by atoms with Crippen molar-refractivity contribution < 1.29 is 4.74 Å². The lowest BCUT2D eigenvalue weighted by Crippen LogP contribution is -2.46. The van der Waals surface area contributed by atoms with E-state index < -0.39 is 0 Å². The molecule has 0 amide bonds. The van der Waals surface area contributed by atoms with E-state index in [0.29, 0.717) is 12.1 Å². The van der Waals surface area contributed by atoms with Gasteiger partial charge in [0, 0.05) is 18.7 Å². The summed E-state index contributed by atoms with van der Waals surface area (Å²) in [5, 5.41) is 3.79. The van der Waals surface area contributed by atoms with Crippen LogP contribution in [0.3, 0.4) is 0 Å². The van der Waals surface area contributed by atoms with Gasteiger partial charge in [0.2, 0.25) is 0 Å². The summed E-state index contributed by atoms with van der Waals surface area (Å²) in [5.74, 6) is 1.79. The van der Waals surface area contributed by atoms with Gasteiger partial charge in [0.05, 0.1) is 6.10 Å². The maximum absolute atomic E-state index is 5.74. The Hall–Kier alpha value is -0.0800. The van der Waals surface area contributed by atoms with Crippen LogP contribution in [-0.2, 0) is 4.74 Å². The van der Waals surface area contributed by atoms with E-state index in [1.807, 2.05) is 0 Å². The molecule has 2 nitrogen and oxygen atoms in total. The molecule has 0 radical (unpaired) electrons. The third-order valence-electron chi connectivity index (χ3n) is 4.62. The van der Waals surface area contributed by atoms with Crippen LogP contribution in [0, 0.1) is 11.8 Å². The summed E-state index contributed by atoms with van der Waals surface area (Å²) in [4.78, 5) is 0. The number of hydrogen-bond donors (Lipinski definition) is 1. The molecular formula is C14H27NO. The lowest BCUT2D eigenvalue weighted by atomic mass is 9.79. The predicted molar refractivity (Wildman–Crippen MR) is 67.5 cm³/mol. The highest BCUT2D eigenvalue weighted by atomic mass is 16.5. The van der Waals surface area contributed by atoms with Gasteiger partial charge in [0.15, 0.2) is 0 Å². The highest BCUT2D eigenvalue weighted by molar-refractivity contribution is 4.85. The van der Waals surface area contributed by atoms with E-state index in [-0.39, 0.29) is 0 Å². The van der Waals surface area contributed by atoms with E-state index in [9.17, 15) is 0 Å². The van der Waals surface area contributed by atoms with Crippen molar-refractivity contribution in [3.8, 4) is 0 Å². The molecule has 1 heterocycles. The van der Waals surface area contributed by atoms with E-state index in [4.69, 9.17) is 4.74 Å². The fourth-order valence-corrected chi connectivity index (χ4v) is 3.17. The van der Waals surface area contributed by atoms with Gasteiger partial charge in [-0.3, -0.25) is 0 Å². The van der Waals surface area contributed by atoms with Crippen LogP contribution in [0.5, 0.6) is 0 Å². The van der Waals surface area contributed by atoms with Gasteiger partial charge >= 0.3 is 0 Å². The van der Waals surface area contributed by atoms with E-state index in [0.717, 1.165) is 24.5 Å². The molecule has 2 heteroatoms. The van der Waals surface area contributed by atoms with Gasteiger partial charge in [-0.25, -0.2) is 0 Å².